The van der Waals surface area contributed by atoms with Gasteiger partial charge in [-0.1, -0.05) is 24.3 Å². The van der Waals surface area contributed by atoms with Crippen molar-refractivity contribution in [3.8, 4) is 0 Å². The number of carbonyl (C=O) groups excluding carboxylic acids is 4. The van der Waals surface area contributed by atoms with E-state index in [2.05, 4.69) is 20.6 Å². The van der Waals surface area contributed by atoms with Gasteiger partial charge in [0.25, 0.3) is 0 Å². The van der Waals surface area contributed by atoms with Crippen LogP contribution in [0.1, 0.15) is 61.5 Å². The van der Waals surface area contributed by atoms with Crippen LogP contribution < -0.4 is 10.6 Å². The summed E-state index contributed by atoms with van der Waals surface area (Å²) >= 11 is 2.44. The Morgan fingerprint density at radius 2 is 1.18 bits per heavy atom. The Bertz CT molecular complexity index is 1360. The van der Waals surface area contributed by atoms with E-state index in [0.29, 0.717) is 32.9 Å². The van der Waals surface area contributed by atoms with Gasteiger partial charge in [-0.15, -0.1) is 22.7 Å². The Balaban J connectivity index is 1.24. The van der Waals surface area contributed by atoms with Gasteiger partial charge in [-0.2, -0.15) is 0 Å². The van der Waals surface area contributed by atoms with Gasteiger partial charge in [-0.05, 0) is 25.0 Å². The molecule has 0 aliphatic heterocycles. The van der Waals surface area contributed by atoms with E-state index in [-0.39, 0.29) is 45.9 Å². The van der Waals surface area contributed by atoms with Crippen molar-refractivity contribution in [3.05, 3.63) is 90.1 Å². The summed E-state index contributed by atoms with van der Waals surface area (Å²) in [4.78, 5) is 59.1. The summed E-state index contributed by atoms with van der Waals surface area (Å²) in [7, 11) is 0. The first-order valence-corrected chi connectivity index (χ1v) is 12.1. The van der Waals surface area contributed by atoms with Crippen LogP contribution in [0.4, 0.5) is 0 Å². The van der Waals surface area contributed by atoms with Crippen LogP contribution in [-0.2, 0) is 13.1 Å². The number of Topliss-reactive ketones (excluding diaryl/α,β-unsaturated/α-hetero) is 2. The number of nitrogens with one attached hydrogen (secondary N) is 2. The lowest BCUT2D eigenvalue weighted by Crippen LogP contribution is -2.27. The second kappa shape index (κ2) is 8.54. The van der Waals surface area contributed by atoms with Gasteiger partial charge in [-0.3, -0.25) is 19.2 Å². The van der Waals surface area contributed by atoms with Gasteiger partial charge < -0.3 is 10.6 Å². The van der Waals surface area contributed by atoms with Crippen molar-refractivity contribution >= 4 is 45.8 Å². The number of aryl methyl sites for hydroxylation is 2. The largest absolute Gasteiger partial charge is 0.378 e. The number of hydrogen-bond acceptors (Lipinski definition) is 10. The minimum Gasteiger partial charge on any atom is -0.378 e. The molecule has 2 aliphatic rings. The van der Waals surface area contributed by atoms with Gasteiger partial charge in [0.05, 0.1) is 21.4 Å². The van der Waals surface area contributed by atoms with Crippen molar-refractivity contribution in [1.29, 1.82) is 0 Å². The Labute approximate surface area is 202 Å². The van der Waals surface area contributed by atoms with E-state index in [0.717, 1.165) is 11.1 Å². The fourth-order valence-electron chi connectivity index (χ4n) is 3.78. The molecule has 0 saturated heterocycles. The maximum Gasteiger partial charge on any atom is 0.228 e. The average molecular weight is 491 g/mol. The lowest BCUT2D eigenvalue weighted by molar-refractivity contribution is 0.0977. The fraction of sp³-hybridized carbons (Fsp3) is 0.167. The molecular weight excluding hydrogens is 472 g/mol. The minimum atomic E-state index is -0.291. The normalized spacial score (nSPS) is 15.0. The molecule has 8 nitrogen and oxygen atoms in total. The zero-order chi connectivity index (χ0) is 24.0. The van der Waals surface area contributed by atoms with Crippen LogP contribution in [0, 0.1) is 13.8 Å². The van der Waals surface area contributed by atoms with Crippen LogP contribution in [0.15, 0.2) is 47.8 Å². The van der Waals surface area contributed by atoms with Gasteiger partial charge in [0.15, 0.2) is 11.6 Å². The molecule has 170 valence electrons. The summed E-state index contributed by atoms with van der Waals surface area (Å²) in [5, 5.41) is 7.44. The Kier molecular flexibility index (Phi) is 5.54. The third-order valence-electron chi connectivity index (χ3n) is 5.34. The van der Waals surface area contributed by atoms with E-state index >= 15 is 0 Å². The summed E-state index contributed by atoms with van der Waals surface area (Å²) in [6.45, 7) is 4.19. The number of hydrogen-bond donors (Lipinski definition) is 2. The van der Waals surface area contributed by atoms with Crippen molar-refractivity contribution < 1.29 is 19.2 Å². The van der Waals surface area contributed by atoms with Crippen LogP contribution in [0.2, 0.25) is 0 Å². The molecule has 3 aromatic rings. The van der Waals surface area contributed by atoms with Crippen molar-refractivity contribution in [2.24, 2.45) is 0 Å². The molecule has 0 saturated carbocycles. The molecule has 2 N–H and O–H groups in total. The van der Waals surface area contributed by atoms with Gasteiger partial charge in [0.2, 0.25) is 11.6 Å². The standard InChI is InChI=1S/C24H18N4O4S2/c1-11-27-19-21(31)15(7-17(29)23(19)33-11)25-9-13-4-3-5-14(6-13)10-26-16-8-18(30)24-20(22(16)32)28-12(2)34-24/h3-8,25-26H,9-10H2,1-2H3. The number of carbonyl (C=O) groups is 4. The van der Waals surface area contributed by atoms with Crippen LogP contribution in [0.5, 0.6) is 0 Å². The zero-order valence-corrected chi connectivity index (χ0v) is 19.9. The molecule has 34 heavy (non-hydrogen) atoms. The number of ketones is 4. The molecule has 0 radical (unpaired) electrons. The summed E-state index contributed by atoms with van der Waals surface area (Å²) in [5.74, 6) is -1.03. The van der Waals surface area contributed by atoms with E-state index in [1.165, 1.54) is 34.8 Å². The van der Waals surface area contributed by atoms with Crippen LogP contribution in [0.25, 0.3) is 0 Å². The summed E-state index contributed by atoms with van der Waals surface area (Å²) in [5.41, 5.74) is 2.62. The van der Waals surface area contributed by atoms with E-state index in [4.69, 9.17) is 0 Å². The zero-order valence-electron chi connectivity index (χ0n) is 18.2. The smallest absolute Gasteiger partial charge is 0.228 e. The summed E-state index contributed by atoms with van der Waals surface area (Å²) in [6, 6.07) is 7.57. The molecule has 1 aromatic carbocycles. The van der Waals surface area contributed by atoms with E-state index in [9.17, 15) is 19.2 Å². The van der Waals surface area contributed by atoms with Gasteiger partial charge in [0, 0.05) is 25.2 Å². The molecule has 2 heterocycles. The molecule has 0 fully saturated rings. The second-order valence-corrected chi connectivity index (χ2v) is 10.3. The fourth-order valence-corrected chi connectivity index (χ4v) is 5.44. The average Bonchev–Trinajstić information content (AvgIpc) is 3.40. The third-order valence-corrected chi connectivity index (χ3v) is 7.31. The van der Waals surface area contributed by atoms with E-state index < -0.39 is 0 Å². The Morgan fingerprint density at radius 1 is 0.735 bits per heavy atom. The van der Waals surface area contributed by atoms with Crippen molar-refractivity contribution in [2.45, 2.75) is 26.9 Å². The number of rotatable bonds is 6. The highest BCUT2D eigenvalue weighted by atomic mass is 32.1. The first-order valence-electron chi connectivity index (χ1n) is 10.4. The summed E-state index contributed by atoms with van der Waals surface area (Å²) < 4.78 is 0. The van der Waals surface area contributed by atoms with E-state index in [1.807, 2.05) is 24.3 Å². The Hall–Kier alpha value is -3.76. The van der Waals surface area contributed by atoms with Gasteiger partial charge in [0.1, 0.15) is 21.1 Å². The maximum atomic E-state index is 12.7. The second-order valence-electron chi connectivity index (χ2n) is 7.85. The molecule has 2 aromatic heterocycles. The summed E-state index contributed by atoms with van der Waals surface area (Å²) in [6.07, 6.45) is 2.64. The molecule has 0 atom stereocenters. The number of benzene rings is 1. The number of nitrogens with zero attached hydrogens (tertiary/aromatic N) is 2. The lowest BCUT2D eigenvalue weighted by atomic mass is 10.0. The highest BCUT2D eigenvalue weighted by Crippen LogP contribution is 2.26. The quantitative estimate of drug-likeness (QED) is 0.540. The maximum absolute atomic E-state index is 12.7. The number of aromatic nitrogens is 2. The Morgan fingerprint density at radius 3 is 1.62 bits per heavy atom. The molecule has 10 heteroatoms. The number of thiazole rings is 2. The predicted octanol–water partition coefficient (Wildman–Crippen LogP) is 3.32. The predicted molar refractivity (Wildman–Crippen MR) is 127 cm³/mol. The van der Waals surface area contributed by atoms with Crippen molar-refractivity contribution in [2.75, 3.05) is 0 Å². The highest BCUT2D eigenvalue weighted by Gasteiger charge is 2.30. The highest BCUT2D eigenvalue weighted by molar-refractivity contribution is 7.14. The van der Waals surface area contributed by atoms with Crippen LogP contribution in [-0.4, -0.2) is 33.1 Å². The molecule has 2 aliphatic carbocycles. The SMILES string of the molecule is Cc1nc2c(s1)C(=O)C=C(NCc1cccc(CNC3=CC(=O)c4sc(C)nc4C3=O)c1)C2=O. The molecule has 5 rings (SSSR count). The van der Waals surface area contributed by atoms with Gasteiger partial charge in [-0.25, -0.2) is 9.97 Å². The number of allylic oxidation sites excluding steroid dienone is 4. The van der Waals surface area contributed by atoms with Crippen LogP contribution in [0.3, 0.4) is 0 Å². The third kappa shape index (κ3) is 4.02. The first-order chi connectivity index (χ1) is 16.3. The molecule has 0 unspecified atom stereocenters. The van der Waals surface area contributed by atoms with E-state index in [1.54, 1.807) is 13.8 Å². The molecule has 0 bridgehead atoms. The van der Waals surface area contributed by atoms with Crippen LogP contribution >= 0.6 is 22.7 Å². The van der Waals surface area contributed by atoms with Crippen molar-refractivity contribution in [3.63, 3.8) is 0 Å². The molecular formula is C24H18N4O4S2. The lowest BCUT2D eigenvalue weighted by Gasteiger charge is -2.15. The molecule has 0 spiro atoms. The molecule has 0 amide bonds. The van der Waals surface area contributed by atoms with Crippen molar-refractivity contribution in [1.82, 2.24) is 20.6 Å². The number of fused-ring (bicyclic) bond motifs is 2. The van der Waals surface area contributed by atoms with Gasteiger partial charge >= 0.3 is 0 Å². The topological polar surface area (TPSA) is 118 Å². The monoisotopic (exact) mass is 490 g/mol. The first kappa shape index (κ1) is 22.1. The minimum absolute atomic E-state index is 0.203.